The predicted molar refractivity (Wildman–Crippen MR) is 123 cm³/mol. The van der Waals surface area contributed by atoms with E-state index in [1.54, 1.807) is 7.05 Å². The Kier molecular flexibility index (Phi) is 8.29. The first-order valence-corrected chi connectivity index (χ1v) is 10.7. The van der Waals surface area contributed by atoms with Crippen molar-refractivity contribution in [3.05, 3.63) is 59.2 Å². The molecule has 1 aliphatic rings. The highest BCUT2D eigenvalue weighted by Gasteiger charge is 2.17. The first kappa shape index (κ1) is 22.6. The summed E-state index contributed by atoms with van der Waals surface area (Å²) in [5, 5.41) is 9.46. The monoisotopic (exact) mass is 424 g/mol. The third-order valence-electron chi connectivity index (χ3n) is 5.05. The fourth-order valence-electron chi connectivity index (χ4n) is 3.45. The number of carbonyl (C=O) groups excluding carboxylic acids is 1. The van der Waals surface area contributed by atoms with Crippen LogP contribution in [0.5, 0.6) is 5.75 Å². The molecule has 1 aliphatic heterocycles. The largest absolute Gasteiger partial charge is 0.491 e. The zero-order valence-corrected chi connectivity index (χ0v) is 18.5. The standard InChI is InChI=1S/C24H32N4O3/c1-17-9-10-20(23(12-17)31-16-22-8-5-11-30-22)15-27-24(25-3)26-14-19-6-4-7-21(13-19)28-18(2)29/h4,6-7,9-10,12-13,22H,5,8,11,14-16H2,1-3H3,(H,28,29)(H2,25,26,27). The fraction of sp³-hybridized carbons (Fsp3) is 0.417. The van der Waals surface area contributed by atoms with Crippen LogP contribution in [0.4, 0.5) is 5.69 Å². The number of anilines is 1. The Morgan fingerprint density at radius 3 is 2.77 bits per heavy atom. The number of ether oxygens (including phenoxy) is 2. The average Bonchev–Trinajstić information content (AvgIpc) is 3.27. The molecule has 1 heterocycles. The maximum atomic E-state index is 11.3. The smallest absolute Gasteiger partial charge is 0.221 e. The number of benzene rings is 2. The van der Waals surface area contributed by atoms with Crippen molar-refractivity contribution in [2.45, 2.75) is 45.9 Å². The number of hydrogen-bond acceptors (Lipinski definition) is 4. The van der Waals surface area contributed by atoms with Gasteiger partial charge < -0.3 is 25.4 Å². The molecular formula is C24H32N4O3. The van der Waals surface area contributed by atoms with Crippen LogP contribution in [0.3, 0.4) is 0 Å². The van der Waals surface area contributed by atoms with Gasteiger partial charge in [-0.25, -0.2) is 0 Å². The van der Waals surface area contributed by atoms with Crippen LogP contribution in [-0.4, -0.2) is 38.2 Å². The lowest BCUT2D eigenvalue weighted by Crippen LogP contribution is -2.36. The SMILES string of the molecule is CN=C(NCc1cccc(NC(C)=O)c1)NCc1ccc(C)cc1OCC1CCCO1. The van der Waals surface area contributed by atoms with E-state index in [0.29, 0.717) is 25.7 Å². The normalized spacial score (nSPS) is 16.1. The second-order valence-corrected chi connectivity index (χ2v) is 7.72. The minimum Gasteiger partial charge on any atom is -0.491 e. The summed E-state index contributed by atoms with van der Waals surface area (Å²) in [5.41, 5.74) is 4.06. The van der Waals surface area contributed by atoms with Gasteiger partial charge in [-0.3, -0.25) is 9.79 Å². The summed E-state index contributed by atoms with van der Waals surface area (Å²) < 4.78 is 11.8. The molecule has 0 spiro atoms. The molecule has 1 saturated heterocycles. The van der Waals surface area contributed by atoms with Gasteiger partial charge in [0.1, 0.15) is 12.4 Å². The van der Waals surface area contributed by atoms with Crippen molar-refractivity contribution >= 4 is 17.6 Å². The minimum atomic E-state index is -0.0850. The van der Waals surface area contributed by atoms with Crippen LogP contribution in [0.2, 0.25) is 0 Å². The Morgan fingerprint density at radius 2 is 2.03 bits per heavy atom. The Bertz CT molecular complexity index is 907. The van der Waals surface area contributed by atoms with Crippen LogP contribution < -0.4 is 20.7 Å². The van der Waals surface area contributed by atoms with Crippen molar-refractivity contribution < 1.29 is 14.3 Å². The third kappa shape index (κ3) is 7.29. The molecule has 0 saturated carbocycles. The van der Waals surface area contributed by atoms with Crippen LogP contribution >= 0.6 is 0 Å². The van der Waals surface area contributed by atoms with Crippen molar-refractivity contribution in [2.24, 2.45) is 4.99 Å². The van der Waals surface area contributed by atoms with Gasteiger partial charge in [0, 0.05) is 44.9 Å². The molecule has 1 atom stereocenters. The minimum absolute atomic E-state index is 0.0850. The molecule has 0 bridgehead atoms. The van der Waals surface area contributed by atoms with E-state index >= 15 is 0 Å². The lowest BCUT2D eigenvalue weighted by molar-refractivity contribution is -0.114. The number of aryl methyl sites for hydroxylation is 1. The van der Waals surface area contributed by atoms with Crippen LogP contribution in [0.25, 0.3) is 0 Å². The summed E-state index contributed by atoms with van der Waals surface area (Å²) >= 11 is 0. The number of nitrogens with one attached hydrogen (secondary N) is 3. The Morgan fingerprint density at radius 1 is 1.19 bits per heavy atom. The molecule has 166 valence electrons. The highest BCUT2D eigenvalue weighted by Crippen LogP contribution is 2.22. The number of nitrogens with zero attached hydrogens (tertiary/aromatic N) is 1. The van der Waals surface area contributed by atoms with Gasteiger partial charge in [0.15, 0.2) is 5.96 Å². The van der Waals surface area contributed by atoms with Gasteiger partial charge in [-0.05, 0) is 49.1 Å². The number of aliphatic imine (C=N–C) groups is 1. The molecule has 2 aromatic rings. The summed E-state index contributed by atoms with van der Waals surface area (Å²) in [5.74, 6) is 1.48. The van der Waals surface area contributed by atoms with Gasteiger partial charge in [-0.2, -0.15) is 0 Å². The lowest BCUT2D eigenvalue weighted by atomic mass is 10.1. The fourth-order valence-corrected chi connectivity index (χ4v) is 3.45. The van der Waals surface area contributed by atoms with E-state index in [9.17, 15) is 4.79 Å². The lowest BCUT2D eigenvalue weighted by Gasteiger charge is -2.17. The van der Waals surface area contributed by atoms with E-state index < -0.39 is 0 Å². The second kappa shape index (κ2) is 11.4. The molecule has 2 aromatic carbocycles. The van der Waals surface area contributed by atoms with Gasteiger partial charge in [0.05, 0.1) is 6.10 Å². The van der Waals surface area contributed by atoms with Crippen molar-refractivity contribution in [1.82, 2.24) is 10.6 Å². The molecular weight excluding hydrogens is 392 g/mol. The quantitative estimate of drug-likeness (QED) is 0.447. The highest BCUT2D eigenvalue weighted by molar-refractivity contribution is 5.88. The van der Waals surface area contributed by atoms with Crippen LogP contribution in [-0.2, 0) is 22.6 Å². The number of rotatable bonds is 8. The van der Waals surface area contributed by atoms with Gasteiger partial charge in [0.25, 0.3) is 0 Å². The van der Waals surface area contributed by atoms with Crippen molar-refractivity contribution in [1.29, 1.82) is 0 Å². The molecule has 1 fully saturated rings. The number of guanidine groups is 1. The zero-order chi connectivity index (χ0) is 22.1. The Balaban J connectivity index is 1.55. The van der Waals surface area contributed by atoms with Crippen molar-refractivity contribution in [3.8, 4) is 5.75 Å². The predicted octanol–water partition coefficient (Wildman–Crippen LogP) is 3.38. The average molecular weight is 425 g/mol. The summed E-state index contributed by atoms with van der Waals surface area (Å²) in [6, 6.07) is 14.0. The summed E-state index contributed by atoms with van der Waals surface area (Å²) in [7, 11) is 1.74. The van der Waals surface area contributed by atoms with Gasteiger partial charge in [0.2, 0.25) is 5.91 Å². The second-order valence-electron chi connectivity index (χ2n) is 7.72. The molecule has 0 radical (unpaired) electrons. The molecule has 0 aliphatic carbocycles. The maximum Gasteiger partial charge on any atom is 0.221 e. The van der Waals surface area contributed by atoms with Gasteiger partial charge in [-0.1, -0.05) is 24.3 Å². The third-order valence-corrected chi connectivity index (χ3v) is 5.05. The van der Waals surface area contributed by atoms with E-state index in [1.165, 1.54) is 6.92 Å². The molecule has 31 heavy (non-hydrogen) atoms. The van der Waals surface area contributed by atoms with Crippen molar-refractivity contribution in [3.63, 3.8) is 0 Å². The molecule has 3 rings (SSSR count). The molecule has 1 amide bonds. The van der Waals surface area contributed by atoms with E-state index in [-0.39, 0.29) is 12.0 Å². The van der Waals surface area contributed by atoms with Crippen LogP contribution in [0.15, 0.2) is 47.5 Å². The molecule has 3 N–H and O–H groups in total. The summed E-state index contributed by atoms with van der Waals surface area (Å²) in [6.45, 7) is 6.14. The van der Waals surface area contributed by atoms with E-state index in [1.807, 2.05) is 24.3 Å². The van der Waals surface area contributed by atoms with E-state index in [0.717, 1.165) is 47.6 Å². The van der Waals surface area contributed by atoms with E-state index in [4.69, 9.17) is 9.47 Å². The Labute approximate surface area is 184 Å². The molecule has 7 nitrogen and oxygen atoms in total. The van der Waals surface area contributed by atoms with Crippen LogP contribution in [0, 0.1) is 6.92 Å². The van der Waals surface area contributed by atoms with Gasteiger partial charge >= 0.3 is 0 Å². The first-order valence-electron chi connectivity index (χ1n) is 10.7. The van der Waals surface area contributed by atoms with Crippen molar-refractivity contribution in [2.75, 3.05) is 25.6 Å². The Hall–Kier alpha value is -3.06. The number of carbonyl (C=O) groups is 1. The van der Waals surface area contributed by atoms with Crippen LogP contribution in [0.1, 0.15) is 36.5 Å². The van der Waals surface area contributed by atoms with E-state index in [2.05, 4.69) is 46.1 Å². The molecule has 1 unspecified atom stereocenters. The highest BCUT2D eigenvalue weighted by atomic mass is 16.5. The number of amides is 1. The topological polar surface area (TPSA) is 84.0 Å². The number of hydrogen-bond donors (Lipinski definition) is 3. The first-order chi connectivity index (χ1) is 15.0. The molecule has 7 heteroatoms. The van der Waals surface area contributed by atoms with Gasteiger partial charge in [-0.15, -0.1) is 0 Å². The maximum absolute atomic E-state index is 11.3. The molecule has 0 aromatic heterocycles. The zero-order valence-electron chi connectivity index (χ0n) is 18.5. The summed E-state index contributed by atoms with van der Waals surface area (Å²) in [4.78, 5) is 15.6. The summed E-state index contributed by atoms with van der Waals surface area (Å²) in [6.07, 6.45) is 2.34.